The quantitative estimate of drug-likeness (QED) is 0.453. The molecule has 1 aromatic rings. The molecule has 5 nitrogen and oxygen atoms in total. The first-order valence-electron chi connectivity index (χ1n) is 6.21. The van der Waals surface area contributed by atoms with Crippen LogP contribution in [-0.2, 0) is 19.1 Å². The first-order chi connectivity index (χ1) is 9.80. The van der Waals surface area contributed by atoms with Crippen LogP contribution in [0.2, 0.25) is 0 Å². The third-order valence-electron chi connectivity index (χ3n) is 4.33. The number of hydrogen-bond donors (Lipinski definition) is 0. The van der Waals surface area contributed by atoms with E-state index in [-0.39, 0.29) is 0 Å². The van der Waals surface area contributed by atoms with Crippen molar-refractivity contribution in [1.29, 1.82) is 0 Å². The first kappa shape index (κ1) is 14.5. The maximum Gasteiger partial charge on any atom is 0.328 e. The highest BCUT2D eigenvalue weighted by Gasteiger charge is 2.90. The van der Waals surface area contributed by atoms with Gasteiger partial charge in [0.1, 0.15) is 0 Å². The van der Waals surface area contributed by atoms with E-state index in [0.717, 1.165) is 9.37 Å². The van der Waals surface area contributed by atoms with Gasteiger partial charge in [-0.05, 0) is 31.2 Å². The van der Waals surface area contributed by atoms with Gasteiger partial charge in [-0.1, -0.05) is 15.9 Å². The molecule has 0 bridgehead atoms. The van der Waals surface area contributed by atoms with Crippen LogP contribution in [0.4, 0.5) is 5.69 Å². The molecule has 1 heterocycles. The Hall–Kier alpha value is -1.40. The maximum atomic E-state index is 12.6. The van der Waals surface area contributed by atoms with Gasteiger partial charge < -0.3 is 4.74 Å². The van der Waals surface area contributed by atoms with Crippen molar-refractivity contribution >= 4 is 51.0 Å². The fourth-order valence-corrected chi connectivity index (χ4v) is 3.83. The van der Waals surface area contributed by atoms with Crippen molar-refractivity contribution in [1.82, 2.24) is 0 Å². The van der Waals surface area contributed by atoms with Crippen LogP contribution in [0.1, 0.15) is 6.92 Å². The normalized spacial score (nSPS) is 33.9. The molecule has 1 aliphatic carbocycles. The number of methoxy groups -OCH3 is 1. The number of alkyl halides is 1. The fourth-order valence-electron chi connectivity index (χ4n) is 3.05. The lowest BCUT2D eigenvalue weighted by molar-refractivity contribution is -0.144. The lowest BCUT2D eigenvalue weighted by Crippen LogP contribution is -2.43. The summed E-state index contributed by atoms with van der Waals surface area (Å²) >= 11 is 9.51. The fraction of sp³-hybridized carbons (Fsp3) is 0.357. The van der Waals surface area contributed by atoms with Crippen LogP contribution in [0.3, 0.4) is 0 Å². The summed E-state index contributed by atoms with van der Waals surface area (Å²) in [7, 11) is 1.19. The van der Waals surface area contributed by atoms with Crippen LogP contribution in [0.5, 0.6) is 0 Å². The van der Waals surface area contributed by atoms with Crippen LogP contribution in [0, 0.1) is 11.3 Å². The predicted octanol–water partition coefficient (Wildman–Crippen LogP) is 2.11. The highest BCUT2D eigenvalue weighted by molar-refractivity contribution is 9.10. The minimum absolute atomic E-state index is 0.463. The van der Waals surface area contributed by atoms with E-state index in [1.165, 1.54) is 14.0 Å². The van der Waals surface area contributed by atoms with Gasteiger partial charge >= 0.3 is 5.97 Å². The molecule has 2 amide bonds. The van der Waals surface area contributed by atoms with Crippen LogP contribution in [0.15, 0.2) is 28.7 Å². The predicted molar refractivity (Wildman–Crippen MR) is 78.8 cm³/mol. The summed E-state index contributed by atoms with van der Waals surface area (Å²) in [5.41, 5.74) is -0.781. The van der Waals surface area contributed by atoms with E-state index >= 15 is 0 Å². The molecule has 110 valence electrons. The Bertz CT molecular complexity index is 676. The molecule has 1 saturated heterocycles. The molecule has 0 aromatic heterocycles. The number of esters is 1. The summed E-state index contributed by atoms with van der Waals surface area (Å²) in [5.74, 6) is -2.56. The number of anilines is 1. The van der Waals surface area contributed by atoms with Crippen LogP contribution in [-0.4, -0.2) is 29.8 Å². The Morgan fingerprint density at radius 1 is 1.33 bits per heavy atom. The average Bonchev–Trinajstić information content (AvgIpc) is 2.90. The number of rotatable bonds is 2. The summed E-state index contributed by atoms with van der Waals surface area (Å²) in [5, 5.41) is 0. The van der Waals surface area contributed by atoms with Crippen molar-refractivity contribution in [3.63, 3.8) is 0 Å². The lowest BCUT2D eigenvalue weighted by Gasteiger charge is -2.23. The van der Waals surface area contributed by atoms with E-state index in [1.54, 1.807) is 24.3 Å². The zero-order valence-corrected chi connectivity index (χ0v) is 13.6. The molecule has 1 aromatic carbocycles. The minimum atomic E-state index is -1.58. The second kappa shape index (κ2) is 4.30. The largest absolute Gasteiger partial charge is 0.468 e. The molecule has 7 heteroatoms. The number of carbonyl (C=O) groups is 3. The topological polar surface area (TPSA) is 63.7 Å². The summed E-state index contributed by atoms with van der Waals surface area (Å²) in [4.78, 5) is 36.4. The summed E-state index contributed by atoms with van der Waals surface area (Å²) in [6, 6.07) is 6.77. The maximum absolute atomic E-state index is 12.6. The minimum Gasteiger partial charge on any atom is -0.468 e. The van der Waals surface area contributed by atoms with Crippen molar-refractivity contribution in [3.05, 3.63) is 28.7 Å². The molecule has 1 saturated carbocycles. The number of ether oxygens (including phenoxy) is 1. The number of fused-ring (bicyclic) bond motifs is 1. The second-order valence-electron chi connectivity index (χ2n) is 5.29. The van der Waals surface area contributed by atoms with Crippen molar-refractivity contribution in [2.24, 2.45) is 11.3 Å². The van der Waals surface area contributed by atoms with Gasteiger partial charge in [-0.15, -0.1) is 11.6 Å². The molecule has 2 aliphatic rings. The lowest BCUT2D eigenvalue weighted by atomic mass is 10.1. The molecule has 0 spiro atoms. The highest BCUT2D eigenvalue weighted by Crippen LogP contribution is 2.71. The monoisotopic (exact) mass is 371 g/mol. The zero-order valence-electron chi connectivity index (χ0n) is 11.2. The van der Waals surface area contributed by atoms with Crippen LogP contribution < -0.4 is 4.90 Å². The standard InChI is InChI=1S/C14H11BrClNO4/c1-13-9(14(13,16)12(20)21-2)10(18)17(11(13)19)8-5-3-7(15)4-6-8/h3-6,9H,1-2H3/t9-,13-,14+/m0/s1. The molecular weight excluding hydrogens is 362 g/mol. The van der Waals surface area contributed by atoms with Gasteiger partial charge in [-0.25, -0.2) is 4.90 Å². The van der Waals surface area contributed by atoms with Gasteiger partial charge in [0.25, 0.3) is 0 Å². The van der Waals surface area contributed by atoms with Crippen molar-refractivity contribution in [2.45, 2.75) is 11.8 Å². The Morgan fingerprint density at radius 2 is 1.90 bits per heavy atom. The summed E-state index contributed by atoms with van der Waals surface area (Å²) in [6.45, 7) is 1.53. The summed E-state index contributed by atoms with van der Waals surface area (Å²) in [6.07, 6.45) is 0. The molecule has 0 unspecified atom stereocenters. The Balaban J connectivity index is 1.99. The van der Waals surface area contributed by atoms with E-state index in [9.17, 15) is 14.4 Å². The molecule has 0 N–H and O–H groups in total. The molecule has 3 atom stereocenters. The van der Waals surface area contributed by atoms with E-state index in [2.05, 4.69) is 20.7 Å². The van der Waals surface area contributed by atoms with Gasteiger partial charge in [-0.3, -0.25) is 14.4 Å². The van der Waals surface area contributed by atoms with Gasteiger partial charge in [0.2, 0.25) is 11.8 Å². The molecule has 3 rings (SSSR count). The van der Waals surface area contributed by atoms with Crippen molar-refractivity contribution in [3.8, 4) is 0 Å². The molecule has 0 radical (unpaired) electrons. The van der Waals surface area contributed by atoms with Crippen LogP contribution >= 0.6 is 27.5 Å². The third-order valence-corrected chi connectivity index (χ3v) is 5.62. The third kappa shape index (κ3) is 1.54. The SMILES string of the molecule is COC(=O)[C@]1(Cl)[C@H]2C(=O)N(c3ccc(Br)cc3)C(=O)[C@]21C. The second-order valence-corrected chi connectivity index (χ2v) is 6.81. The molecule has 2 fully saturated rings. The van der Waals surface area contributed by atoms with Crippen molar-refractivity contribution < 1.29 is 19.1 Å². The Morgan fingerprint density at radius 3 is 2.33 bits per heavy atom. The number of amides is 2. The summed E-state index contributed by atoms with van der Waals surface area (Å²) < 4.78 is 5.47. The van der Waals surface area contributed by atoms with E-state index in [4.69, 9.17) is 11.6 Å². The number of hydrogen-bond acceptors (Lipinski definition) is 4. The Labute approximate surface area is 134 Å². The molecule has 21 heavy (non-hydrogen) atoms. The highest BCUT2D eigenvalue weighted by atomic mass is 79.9. The number of nitrogens with zero attached hydrogens (tertiary/aromatic N) is 1. The first-order valence-corrected chi connectivity index (χ1v) is 7.38. The number of halogens is 2. The average molecular weight is 373 g/mol. The number of imide groups is 1. The van der Waals surface area contributed by atoms with E-state index in [0.29, 0.717) is 5.69 Å². The van der Waals surface area contributed by atoms with Gasteiger partial charge in [-0.2, -0.15) is 0 Å². The molecular formula is C14H11BrClNO4. The zero-order chi connectivity index (χ0) is 15.6. The van der Waals surface area contributed by atoms with Crippen LogP contribution in [0.25, 0.3) is 0 Å². The van der Waals surface area contributed by atoms with E-state index < -0.39 is 34.0 Å². The molecule has 1 aliphatic heterocycles. The van der Waals surface area contributed by atoms with Gasteiger partial charge in [0.05, 0.1) is 24.1 Å². The number of benzene rings is 1. The van der Waals surface area contributed by atoms with Gasteiger partial charge in [0.15, 0.2) is 4.87 Å². The van der Waals surface area contributed by atoms with Gasteiger partial charge in [0, 0.05) is 4.47 Å². The smallest absolute Gasteiger partial charge is 0.328 e. The Kier molecular flexibility index (Phi) is 2.98. The van der Waals surface area contributed by atoms with Crippen molar-refractivity contribution in [2.75, 3.05) is 12.0 Å². The number of carbonyl (C=O) groups excluding carboxylic acids is 3. The number of piperidine rings is 1. The van der Waals surface area contributed by atoms with E-state index in [1.807, 2.05) is 0 Å².